The van der Waals surface area contributed by atoms with Crippen molar-refractivity contribution in [2.75, 3.05) is 26.3 Å². The van der Waals surface area contributed by atoms with Crippen molar-refractivity contribution in [3.05, 3.63) is 0 Å². The third-order valence-electron chi connectivity index (χ3n) is 3.47. The van der Waals surface area contributed by atoms with Crippen molar-refractivity contribution in [1.29, 1.82) is 0 Å². The van der Waals surface area contributed by atoms with Crippen LogP contribution in [0.2, 0.25) is 0 Å². The molecule has 2 N–H and O–H groups in total. The summed E-state index contributed by atoms with van der Waals surface area (Å²) in [6.07, 6.45) is 5.04. The van der Waals surface area contributed by atoms with Gasteiger partial charge in [0.1, 0.15) is 0 Å². The molecule has 2 fully saturated rings. The highest BCUT2D eigenvalue weighted by molar-refractivity contribution is 5.76. The van der Waals surface area contributed by atoms with E-state index in [0.717, 1.165) is 45.6 Å². The van der Waals surface area contributed by atoms with Crippen LogP contribution < -0.4 is 10.6 Å². The fourth-order valence-electron chi connectivity index (χ4n) is 2.42. The van der Waals surface area contributed by atoms with Crippen molar-refractivity contribution in [2.24, 2.45) is 5.92 Å². The van der Waals surface area contributed by atoms with Crippen LogP contribution in [0.25, 0.3) is 0 Å². The standard InChI is InChI=1S/C12H22N2O2/c15-12(4-3-10-5-7-16-9-10)14-11-2-1-6-13-8-11/h10-11,13H,1-9H2,(H,14,15)/t10?,11-/m0/s1. The fraction of sp³-hybridized carbons (Fsp3) is 0.917. The molecule has 4 nitrogen and oxygen atoms in total. The fourth-order valence-corrected chi connectivity index (χ4v) is 2.42. The average Bonchev–Trinajstić information content (AvgIpc) is 2.81. The van der Waals surface area contributed by atoms with Crippen molar-refractivity contribution in [1.82, 2.24) is 10.6 Å². The first-order valence-electron chi connectivity index (χ1n) is 6.42. The number of carbonyl (C=O) groups excluding carboxylic acids is 1. The lowest BCUT2D eigenvalue weighted by Crippen LogP contribution is -2.45. The Balaban J connectivity index is 1.59. The van der Waals surface area contributed by atoms with Crippen molar-refractivity contribution in [3.63, 3.8) is 0 Å². The highest BCUT2D eigenvalue weighted by Gasteiger charge is 2.19. The topological polar surface area (TPSA) is 50.4 Å². The van der Waals surface area contributed by atoms with Crippen LogP contribution in [-0.4, -0.2) is 38.3 Å². The molecule has 92 valence electrons. The molecule has 0 saturated carbocycles. The molecular formula is C12H22N2O2. The molecular weight excluding hydrogens is 204 g/mol. The monoisotopic (exact) mass is 226 g/mol. The van der Waals surface area contributed by atoms with E-state index >= 15 is 0 Å². The van der Waals surface area contributed by atoms with Gasteiger partial charge in [0.15, 0.2) is 0 Å². The van der Waals surface area contributed by atoms with Crippen LogP contribution in [0.1, 0.15) is 32.1 Å². The molecule has 0 aliphatic carbocycles. The zero-order valence-electron chi connectivity index (χ0n) is 9.84. The van der Waals surface area contributed by atoms with Gasteiger partial charge in [0.05, 0.1) is 0 Å². The van der Waals surface area contributed by atoms with Gasteiger partial charge in [-0.3, -0.25) is 4.79 Å². The van der Waals surface area contributed by atoms with Gasteiger partial charge in [-0.05, 0) is 38.1 Å². The van der Waals surface area contributed by atoms with Gasteiger partial charge in [0, 0.05) is 32.2 Å². The minimum absolute atomic E-state index is 0.209. The van der Waals surface area contributed by atoms with Crippen LogP contribution in [0.4, 0.5) is 0 Å². The molecule has 0 spiro atoms. The van der Waals surface area contributed by atoms with Crippen molar-refractivity contribution in [3.8, 4) is 0 Å². The highest BCUT2D eigenvalue weighted by atomic mass is 16.5. The molecule has 16 heavy (non-hydrogen) atoms. The summed E-state index contributed by atoms with van der Waals surface area (Å²) < 4.78 is 5.30. The molecule has 0 bridgehead atoms. The van der Waals surface area contributed by atoms with E-state index in [-0.39, 0.29) is 5.91 Å². The first-order chi connectivity index (χ1) is 7.84. The second-order valence-corrected chi connectivity index (χ2v) is 4.88. The smallest absolute Gasteiger partial charge is 0.220 e. The van der Waals surface area contributed by atoms with Gasteiger partial charge in [0.2, 0.25) is 5.91 Å². The number of hydrogen-bond donors (Lipinski definition) is 2. The van der Waals surface area contributed by atoms with Crippen molar-refractivity contribution >= 4 is 5.91 Å². The zero-order valence-corrected chi connectivity index (χ0v) is 9.84. The minimum Gasteiger partial charge on any atom is -0.381 e. The molecule has 2 atom stereocenters. The summed E-state index contributed by atoms with van der Waals surface area (Å²) in [5, 5.41) is 6.40. The molecule has 0 aromatic carbocycles. The maximum Gasteiger partial charge on any atom is 0.220 e. The summed E-state index contributed by atoms with van der Waals surface area (Å²) in [5.41, 5.74) is 0. The zero-order chi connectivity index (χ0) is 11.2. The predicted molar refractivity (Wildman–Crippen MR) is 62.2 cm³/mol. The summed E-state index contributed by atoms with van der Waals surface area (Å²) >= 11 is 0. The number of nitrogens with one attached hydrogen (secondary N) is 2. The van der Waals surface area contributed by atoms with Gasteiger partial charge < -0.3 is 15.4 Å². The van der Waals surface area contributed by atoms with E-state index in [2.05, 4.69) is 10.6 Å². The third kappa shape index (κ3) is 3.76. The Labute approximate surface area is 97.1 Å². The van der Waals surface area contributed by atoms with Gasteiger partial charge in [-0.1, -0.05) is 0 Å². The lowest BCUT2D eigenvalue weighted by atomic mass is 10.0. The third-order valence-corrected chi connectivity index (χ3v) is 3.47. The van der Waals surface area contributed by atoms with Crippen LogP contribution in [0.3, 0.4) is 0 Å². The molecule has 2 heterocycles. The minimum atomic E-state index is 0.209. The van der Waals surface area contributed by atoms with E-state index in [1.54, 1.807) is 0 Å². The highest BCUT2D eigenvalue weighted by Crippen LogP contribution is 2.17. The summed E-state index contributed by atoms with van der Waals surface area (Å²) in [6, 6.07) is 0.348. The van der Waals surface area contributed by atoms with Gasteiger partial charge in [-0.25, -0.2) is 0 Å². The largest absolute Gasteiger partial charge is 0.381 e. The summed E-state index contributed by atoms with van der Waals surface area (Å²) in [7, 11) is 0. The first kappa shape index (κ1) is 11.9. The second-order valence-electron chi connectivity index (χ2n) is 4.88. The number of amides is 1. The summed E-state index contributed by atoms with van der Waals surface area (Å²) in [6.45, 7) is 3.74. The lowest BCUT2D eigenvalue weighted by Gasteiger charge is -2.24. The molecule has 0 aromatic heterocycles. The molecule has 0 aromatic rings. The molecule has 2 saturated heterocycles. The average molecular weight is 226 g/mol. The van der Waals surface area contributed by atoms with Crippen LogP contribution in [0.5, 0.6) is 0 Å². The van der Waals surface area contributed by atoms with E-state index in [9.17, 15) is 4.79 Å². The van der Waals surface area contributed by atoms with Crippen LogP contribution in [0, 0.1) is 5.92 Å². The maximum atomic E-state index is 11.7. The van der Waals surface area contributed by atoms with Crippen LogP contribution in [0.15, 0.2) is 0 Å². The predicted octanol–water partition coefficient (Wildman–Crippen LogP) is 0.671. The number of hydrogen-bond acceptors (Lipinski definition) is 3. The molecule has 1 amide bonds. The van der Waals surface area contributed by atoms with E-state index < -0.39 is 0 Å². The molecule has 2 aliphatic heterocycles. The quantitative estimate of drug-likeness (QED) is 0.741. The normalized spacial score (nSPS) is 30.2. The summed E-state index contributed by atoms with van der Waals surface area (Å²) in [5.74, 6) is 0.816. The Kier molecular flexibility index (Phi) is 4.60. The number of carbonyl (C=O) groups is 1. The molecule has 0 radical (unpaired) electrons. The van der Waals surface area contributed by atoms with Crippen LogP contribution in [-0.2, 0) is 9.53 Å². The van der Waals surface area contributed by atoms with Crippen molar-refractivity contribution < 1.29 is 9.53 Å². The van der Waals surface area contributed by atoms with Gasteiger partial charge >= 0.3 is 0 Å². The van der Waals surface area contributed by atoms with E-state index in [1.165, 1.54) is 6.42 Å². The van der Waals surface area contributed by atoms with Crippen LogP contribution >= 0.6 is 0 Å². The van der Waals surface area contributed by atoms with E-state index in [0.29, 0.717) is 18.4 Å². The van der Waals surface area contributed by atoms with E-state index in [1.807, 2.05) is 0 Å². The molecule has 2 aliphatic rings. The van der Waals surface area contributed by atoms with Gasteiger partial charge in [-0.15, -0.1) is 0 Å². The molecule has 2 rings (SSSR count). The molecule has 4 heteroatoms. The Bertz CT molecular complexity index is 221. The Morgan fingerprint density at radius 1 is 1.44 bits per heavy atom. The van der Waals surface area contributed by atoms with Gasteiger partial charge in [0.25, 0.3) is 0 Å². The number of piperidine rings is 1. The van der Waals surface area contributed by atoms with E-state index in [4.69, 9.17) is 4.74 Å². The SMILES string of the molecule is O=C(CCC1CCOC1)N[C@H]1CCCNC1. The lowest BCUT2D eigenvalue weighted by molar-refractivity contribution is -0.122. The Morgan fingerprint density at radius 3 is 3.06 bits per heavy atom. The number of rotatable bonds is 4. The van der Waals surface area contributed by atoms with Crippen molar-refractivity contribution in [2.45, 2.75) is 38.1 Å². The number of ether oxygens (including phenoxy) is 1. The Hall–Kier alpha value is -0.610. The summed E-state index contributed by atoms with van der Waals surface area (Å²) in [4.78, 5) is 11.7. The first-order valence-corrected chi connectivity index (χ1v) is 6.42. The second kappa shape index (κ2) is 6.21. The molecule has 1 unspecified atom stereocenters. The Morgan fingerprint density at radius 2 is 2.38 bits per heavy atom. The van der Waals surface area contributed by atoms with Gasteiger partial charge in [-0.2, -0.15) is 0 Å². The maximum absolute atomic E-state index is 11.7.